The van der Waals surface area contributed by atoms with Crippen molar-refractivity contribution in [3.8, 4) is 23.0 Å². The Morgan fingerprint density at radius 1 is 0.438 bits per heavy atom. The largest absolute Gasteiger partial charge is 0.497 e. The summed E-state index contributed by atoms with van der Waals surface area (Å²) < 4.78 is 26.9. The Labute approximate surface area is 288 Å². The van der Waals surface area contributed by atoms with Crippen molar-refractivity contribution in [2.75, 3.05) is 14.2 Å². The zero-order valence-electron chi connectivity index (χ0n) is 31.6. The molecule has 2 unspecified atom stereocenters. The second-order valence-electron chi connectivity index (χ2n) is 17.8. The van der Waals surface area contributed by atoms with E-state index in [1.807, 2.05) is 24.3 Å². The fourth-order valence-corrected chi connectivity index (χ4v) is 7.41. The van der Waals surface area contributed by atoms with Crippen molar-refractivity contribution >= 4 is 0 Å². The van der Waals surface area contributed by atoms with Crippen LogP contribution < -0.4 is 18.9 Å². The lowest BCUT2D eigenvalue weighted by atomic mass is 9.67. The molecule has 0 aliphatic carbocycles. The highest BCUT2D eigenvalue weighted by atomic mass is 16.6. The molecular formula is C44H54O4. The molecule has 0 saturated heterocycles. The molecule has 4 aromatic carbocycles. The molecule has 0 spiro atoms. The first kappa shape index (κ1) is 34.0. The Balaban J connectivity index is 1.86. The van der Waals surface area contributed by atoms with Gasteiger partial charge in [0, 0.05) is 33.4 Å². The standard InChI is InChI=1S/C44H54O4/c1-39(2,3)29-23-33(41(7,8)9)37-35(25-29)43(27-15-19-31(45-13)20-16-27)44(47-37,28-17-21-32(46-14)22-18-28)36-26-30(40(4,5)6)24-34(38(36)48-43)42(10,11)12/h15-26H,1-14H3. The van der Waals surface area contributed by atoms with Crippen LogP contribution in [0, 0.1) is 0 Å². The highest BCUT2D eigenvalue weighted by molar-refractivity contribution is 5.71. The predicted molar refractivity (Wildman–Crippen MR) is 196 cm³/mol. The molecule has 48 heavy (non-hydrogen) atoms. The minimum atomic E-state index is -1.05. The normalized spacial score (nSPS) is 20.4. The first-order chi connectivity index (χ1) is 22.2. The van der Waals surface area contributed by atoms with E-state index in [-0.39, 0.29) is 21.7 Å². The van der Waals surface area contributed by atoms with Crippen molar-refractivity contribution in [1.29, 1.82) is 0 Å². The van der Waals surface area contributed by atoms with Gasteiger partial charge in [-0.15, -0.1) is 0 Å². The zero-order chi connectivity index (χ0) is 35.2. The van der Waals surface area contributed by atoms with Crippen molar-refractivity contribution in [3.63, 3.8) is 0 Å². The van der Waals surface area contributed by atoms with Crippen LogP contribution in [0.15, 0.2) is 72.8 Å². The maximum absolute atomic E-state index is 7.78. The lowest BCUT2D eigenvalue weighted by Gasteiger charge is -2.39. The summed E-state index contributed by atoms with van der Waals surface area (Å²) in [6.45, 7) is 27.3. The van der Waals surface area contributed by atoms with Gasteiger partial charge < -0.3 is 18.9 Å². The molecule has 2 atom stereocenters. The van der Waals surface area contributed by atoms with Crippen molar-refractivity contribution in [1.82, 2.24) is 0 Å². The topological polar surface area (TPSA) is 36.9 Å². The molecule has 0 saturated carbocycles. The zero-order valence-corrected chi connectivity index (χ0v) is 31.6. The maximum Gasteiger partial charge on any atom is 0.211 e. The van der Waals surface area contributed by atoms with Crippen LogP contribution in [0.3, 0.4) is 0 Å². The number of ether oxygens (including phenoxy) is 4. The van der Waals surface area contributed by atoms with Gasteiger partial charge in [0.15, 0.2) is 0 Å². The number of benzene rings is 4. The average Bonchev–Trinajstić information content (AvgIpc) is 3.46. The fourth-order valence-electron chi connectivity index (χ4n) is 7.41. The molecule has 4 aromatic rings. The van der Waals surface area contributed by atoms with E-state index in [2.05, 4.69) is 132 Å². The number of fused-ring (bicyclic) bond motifs is 5. The van der Waals surface area contributed by atoms with Gasteiger partial charge in [0.05, 0.1) is 14.2 Å². The third-order valence-corrected chi connectivity index (χ3v) is 10.3. The smallest absolute Gasteiger partial charge is 0.211 e. The molecule has 0 amide bonds. The molecular weight excluding hydrogens is 592 g/mol. The Morgan fingerprint density at radius 3 is 1.00 bits per heavy atom. The molecule has 2 aliphatic rings. The van der Waals surface area contributed by atoms with Crippen molar-refractivity contribution < 1.29 is 18.9 Å². The fraction of sp³-hybridized carbons (Fsp3) is 0.455. The van der Waals surface area contributed by atoms with E-state index in [1.165, 1.54) is 22.3 Å². The van der Waals surface area contributed by atoms with Gasteiger partial charge in [-0.3, -0.25) is 0 Å². The molecule has 0 bridgehead atoms. The number of hydrogen-bond acceptors (Lipinski definition) is 4. The van der Waals surface area contributed by atoms with Crippen molar-refractivity contribution in [3.05, 3.63) is 117 Å². The molecule has 254 valence electrons. The molecule has 6 rings (SSSR count). The van der Waals surface area contributed by atoms with E-state index < -0.39 is 11.2 Å². The highest BCUT2D eigenvalue weighted by Gasteiger charge is 2.71. The van der Waals surface area contributed by atoms with E-state index in [1.54, 1.807) is 14.2 Å². The molecule has 2 heterocycles. The van der Waals surface area contributed by atoms with Gasteiger partial charge in [0.25, 0.3) is 0 Å². The van der Waals surface area contributed by atoms with E-state index in [9.17, 15) is 0 Å². The summed E-state index contributed by atoms with van der Waals surface area (Å²) in [6.07, 6.45) is 0. The van der Waals surface area contributed by atoms with Crippen LogP contribution in [0.1, 0.15) is 128 Å². The van der Waals surface area contributed by atoms with Gasteiger partial charge in [-0.1, -0.05) is 119 Å². The summed E-state index contributed by atoms with van der Waals surface area (Å²) in [5.41, 5.74) is 6.26. The van der Waals surface area contributed by atoms with Crippen LogP contribution in [-0.2, 0) is 32.9 Å². The van der Waals surface area contributed by atoms with E-state index in [4.69, 9.17) is 18.9 Å². The summed E-state index contributed by atoms with van der Waals surface area (Å²) in [5.74, 6) is 3.38. The molecule has 0 N–H and O–H groups in total. The number of rotatable bonds is 4. The first-order valence-corrected chi connectivity index (χ1v) is 17.2. The highest BCUT2D eigenvalue weighted by Crippen LogP contribution is 2.69. The quantitative estimate of drug-likeness (QED) is 0.221. The van der Waals surface area contributed by atoms with Gasteiger partial charge in [-0.2, -0.15) is 0 Å². The molecule has 0 fully saturated rings. The van der Waals surface area contributed by atoms with Gasteiger partial charge in [0.2, 0.25) is 11.2 Å². The first-order valence-electron chi connectivity index (χ1n) is 17.2. The molecule has 0 aromatic heterocycles. The Morgan fingerprint density at radius 2 is 0.750 bits per heavy atom. The van der Waals surface area contributed by atoms with Crippen LogP contribution in [0.4, 0.5) is 0 Å². The second-order valence-corrected chi connectivity index (χ2v) is 17.8. The number of hydrogen-bond donors (Lipinski definition) is 0. The minimum absolute atomic E-state index is 0.108. The van der Waals surface area contributed by atoms with Crippen LogP contribution in [0.5, 0.6) is 23.0 Å². The van der Waals surface area contributed by atoms with E-state index in [0.717, 1.165) is 45.3 Å². The van der Waals surface area contributed by atoms with Gasteiger partial charge in [-0.25, -0.2) is 0 Å². The summed E-state index contributed by atoms with van der Waals surface area (Å²) in [5, 5.41) is 0. The van der Waals surface area contributed by atoms with Crippen LogP contribution >= 0.6 is 0 Å². The Bertz CT molecular complexity index is 1720. The summed E-state index contributed by atoms with van der Waals surface area (Å²) in [6, 6.07) is 26.2. The van der Waals surface area contributed by atoms with Crippen molar-refractivity contribution in [2.45, 2.75) is 116 Å². The third-order valence-electron chi connectivity index (χ3n) is 10.3. The van der Waals surface area contributed by atoms with Gasteiger partial charge in [0.1, 0.15) is 23.0 Å². The van der Waals surface area contributed by atoms with E-state index in [0.29, 0.717) is 0 Å². The lowest BCUT2D eigenvalue weighted by Crippen LogP contribution is -2.50. The SMILES string of the molecule is COc1ccc(C23Oc4c(C(C)(C)C)cc(C(C)(C)C)cc4C2(c2ccc(OC)cc2)Oc2c(C(C)(C)C)cc(C(C)(C)C)cc23)cc1. The van der Waals surface area contributed by atoms with Crippen LogP contribution in [0.25, 0.3) is 0 Å². The Kier molecular flexibility index (Phi) is 7.63. The molecule has 2 aliphatic heterocycles. The predicted octanol–water partition coefficient (Wildman–Crippen LogP) is 10.9. The van der Waals surface area contributed by atoms with Crippen molar-refractivity contribution in [2.24, 2.45) is 0 Å². The summed E-state index contributed by atoms with van der Waals surface area (Å²) in [4.78, 5) is 0. The summed E-state index contributed by atoms with van der Waals surface area (Å²) in [7, 11) is 3.42. The van der Waals surface area contributed by atoms with Crippen LogP contribution in [-0.4, -0.2) is 14.2 Å². The van der Waals surface area contributed by atoms with E-state index >= 15 is 0 Å². The van der Waals surface area contributed by atoms with Gasteiger partial charge in [-0.05, 0) is 69.2 Å². The number of methoxy groups -OCH3 is 2. The van der Waals surface area contributed by atoms with Gasteiger partial charge >= 0.3 is 0 Å². The molecule has 4 nitrogen and oxygen atoms in total. The average molecular weight is 647 g/mol. The lowest BCUT2D eigenvalue weighted by molar-refractivity contribution is -0.0154. The Hall–Kier alpha value is -3.92. The molecule has 4 heteroatoms. The minimum Gasteiger partial charge on any atom is -0.497 e. The monoisotopic (exact) mass is 646 g/mol. The van der Waals surface area contributed by atoms with Crippen LogP contribution in [0.2, 0.25) is 0 Å². The third kappa shape index (κ3) is 5.01. The maximum atomic E-state index is 7.78. The second kappa shape index (κ2) is 10.8. The molecule has 0 radical (unpaired) electrons. The summed E-state index contributed by atoms with van der Waals surface area (Å²) >= 11 is 0.